The van der Waals surface area contributed by atoms with Gasteiger partial charge < -0.3 is 9.63 Å². The van der Waals surface area contributed by atoms with Gasteiger partial charge in [0.25, 0.3) is 5.89 Å². The monoisotopic (exact) mass is 354 g/mol. The molecule has 5 nitrogen and oxygen atoms in total. The smallest absolute Gasteiger partial charge is 0.335 e. The number of carboxylic acids is 1. The van der Waals surface area contributed by atoms with Gasteiger partial charge in [-0.1, -0.05) is 11.2 Å². The maximum Gasteiger partial charge on any atom is 0.335 e. The van der Waals surface area contributed by atoms with Crippen LogP contribution in [0, 0.1) is 40.4 Å². The number of aromatic nitrogens is 2. The molecule has 1 N–H and O–H groups in total. The van der Waals surface area contributed by atoms with Crippen molar-refractivity contribution >= 4 is 5.97 Å². The zero-order chi connectivity index (χ0) is 19.2. The van der Waals surface area contributed by atoms with Gasteiger partial charge in [0.2, 0.25) is 5.82 Å². The number of halogens is 1. The fourth-order valence-corrected chi connectivity index (χ4v) is 3.22. The quantitative estimate of drug-likeness (QED) is 0.732. The van der Waals surface area contributed by atoms with Crippen LogP contribution in [-0.2, 0) is 0 Å². The molecular weight excluding hydrogens is 335 g/mol. The molecule has 0 saturated heterocycles. The molecule has 0 bridgehead atoms. The van der Waals surface area contributed by atoms with E-state index in [0.717, 1.165) is 16.7 Å². The predicted molar refractivity (Wildman–Crippen MR) is 95.8 cm³/mol. The molecule has 0 atom stereocenters. The van der Waals surface area contributed by atoms with E-state index in [4.69, 9.17) is 4.52 Å². The first-order chi connectivity index (χ1) is 12.2. The standard InChI is InChI=1S/C20H19FN2O3/c1-9-6-11(3)16(15(21)7-9)19-22-18(23-26-19)17-12(4)10(2)8-14(13(17)5)20(24)25/h6-8H,1-5H3,(H,24,25). The number of hydrogen-bond donors (Lipinski definition) is 1. The molecule has 0 saturated carbocycles. The van der Waals surface area contributed by atoms with Crippen LogP contribution >= 0.6 is 0 Å². The van der Waals surface area contributed by atoms with E-state index in [-0.39, 0.29) is 22.8 Å². The molecule has 0 aliphatic carbocycles. The summed E-state index contributed by atoms with van der Waals surface area (Å²) < 4.78 is 19.7. The Balaban J connectivity index is 2.20. The number of carboxylic acid groups (broad SMARTS) is 1. The first kappa shape index (κ1) is 17.8. The van der Waals surface area contributed by atoms with Crippen LogP contribution < -0.4 is 0 Å². The van der Waals surface area contributed by atoms with E-state index < -0.39 is 11.8 Å². The van der Waals surface area contributed by atoms with Gasteiger partial charge in [-0.15, -0.1) is 0 Å². The lowest BCUT2D eigenvalue weighted by Crippen LogP contribution is -2.05. The van der Waals surface area contributed by atoms with Gasteiger partial charge in [-0.3, -0.25) is 0 Å². The van der Waals surface area contributed by atoms with Crippen LogP contribution in [0.2, 0.25) is 0 Å². The summed E-state index contributed by atoms with van der Waals surface area (Å²) in [6.45, 7) is 9.00. The third-order valence-corrected chi connectivity index (χ3v) is 4.63. The maximum absolute atomic E-state index is 14.4. The minimum atomic E-state index is -1.02. The molecule has 26 heavy (non-hydrogen) atoms. The molecule has 0 fully saturated rings. The first-order valence-electron chi connectivity index (χ1n) is 8.16. The minimum Gasteiger partial charge on any atom is -0.478 e. The molecule has 0 aliphatic rings. The van der Waals surface area contributed by atoms with Crippen LogP contribution in [0.15, 0.2) is 22.7 Å². The summed E-state index contributed by atoms with van der Waals surface area (Å²) in [5, 5.41) is 13.4. The van der Waals surface area contributed by atoms with Gasteiger partial charge in [0.15, 0.2) is 0 Å². The number of nitrogens with zero attached hydrogens (tertiary/aromatic N) is 2. The molecule has 0 spiro atoms. The van der Waals surface area contributed by atoms with E-state index in [2.05, 4.69) is 10.1 Å². The summed E-state index contributed by atoms with van der Waals surface area (Å²) in [5.41, 5.74) is 4.77. The van der Waals surface area contributed by atoms with Crippen LogP contribution in [0.25, 0.3) is 22.8 Å². The SMILES string of the molecule is Cc1cc(C)c(-c2nc(-c3c(C)c(C)cc(C(=O)O)c3C)no2)c(F)c1. The van der Waals surface area contributed by atoms with E-state index >= 15 is 0 Å². The van der Waals surface area contributed by atoms with Crippen LogP contribution in [-0.4, -0.2) is 21.2 Å². The van der Waals surface area contributed by atoms with Gasteiger partial charge in [-0.05, 0) is 74.6 Å². The molecule has 3 aromatic rings. The topological polar surface area (TPSA) is 76.2 Å². The molecule has 134 valence electrons. The van der Waals surface area contributed by atoms with Crippen molar-refractivity contribution in [2.24, 2.45) is 0 Å². The van der Waals surface area contributed by atoms with Crippen molar-refractivity contribution in [3.8, 4) is 22.8 Å². The zero-order valence-electron chi connectivity index (χ0n) is 15.3. The van der Waals surface area contributed by atoms with Gasteiger partial charge in [-0.2, -0.15) is 4.98 Å². The second-order valence-corrected chi connectivity index (χ2v) is 6.53. The number of aryl methyl sites for hydroxylation is 3. The Kier molecular flexibility index (Phi) is 4.36. The molecule has 0 radical (unpaired) electrons. The highest BCUT2D eigenvalue weighted by molar-refractivity contribution is 5.92. The molecule has 2 aromatic carbocycles. The third kappa shape index (κ3) is 2.87. The summed E-state index contributed by atoms with van der Waals surface area (Å²) in [6, 6.07) is 4.88. The van der Waals surface area contributed by atoms with Crippen LogP contribution in [0.3, 0.4) is 0 Å². The van der Waals surface area contributed by atoms with E-state index in [0.29, 0.717) is 16.7 Å². The summed E-state index contributed by atoms with van der Waals surface area (Å²) in [5.74, 6) is -1.12. The maximum atomic E-state index is 14.4. The molecule has 3 rings (SSSR count). The summed E-state index contributed by atoms with van der Waals surface area (Å²) in [7, 11) is 0. The van der Waals surface area contributed by atoms with Gasteiger partial charge in [0.1, 0.15) is 5.82 Å². The number of rotatable bonds is 3. The second kappa shape index (κ2) is 6.37. The largest absolute Gasteiger partial charge is 0.478 e. The Bertz CT molecular complexity index is 1010. The molecule has 1 heterocycles. The average molecular weight is 354 g/mol. The summed E-state index contributed by atoms with van der Waals surface area (Å²) in [4.78, 5) is 15.9. The highest BCUT2D eigenvalue weighted by atomic mass is 19.1. The number of hydrogen-bond acceptors (Lipinski definition) is 4. The molecule has 6 heteroatoms. The van der Waals surface area contributed by atoms with Gasteiger partial charge in [0.05, 0.1) is 11.1 Å². The highest BCUT2D eigenvalue weighted by Gasteiger charge is 2.22. The van der Waals surface area contributed by atoms with Crippen molar-refractivity contribution < 1.29 is 18.8 Å². The van der Waals surface area contributed by atoms with Gasteiger partial charge in [0, 0.05) is 5.56 Å². The minimum absolute atomic E-state index is 0.0761. The van der Waals surface area contributed by atoms with Crippen molar-refractivity contribution in [1.82, 2.24) is 10.1 Å². The lowest BCUT2D eigenvalue weighted by molar-refractivity contribution is 0.0696. The summed E-state index contributed by atoms with van der Waals surface area (Å²) >= 11 is 0. The van der Waals surface area contributed by atoms with Crippen LogP contribution in [0.1, 0.15) is 38.2 Å². The van der Waals surface area contributed by atoms with Crippen molar-refractivity contribution in [1.29, 1.82) is 0 Å². The number of aromatic carboxylic acids is 1. The predicted octanol–water partition coefficient (Wildman–Crippen LogP) is 4.78. The van der Waals surface area contributed by atoms with Crippen LogP contribution in [0.4, 0.5) is 4.39 Å². The Morgan fingerprint density at radius 2 is 1.69 bits per heavy atom. The molecule has 1 aromatic heterocycles. The second-order valence-electron chi connectivity index (χ2n) is 6.53. The van der Waals surface area contributed by atoms with Gasteiger partial charge in [-0.25, -0.2) is 9.18 Å². The fraction of sp³-hybridized carbons (Fsp3) is 0.250. The molecule has 0 unspecified atom stereocenters. The van der Waals surface area contributed by atoms with Crippen molar-refractivity contribution in [2.45, 2.75) is 34.6 Å². The zero-order valence-corrected chi connectivity index (χ0v) is 15.3. The summed E-state index contributed by atoms with van der Waals surface area (Å²) in [6.07, 6.45) is 0. The van der Waals surface area contributed by atoms with E-state index in [1.54, 1.807) is 19.9 Å². The number of carbonyl (C=O) groups is 1. The Labute approximate surface area is 150 Å². The van der Waals surface area contributed by atoms with E-state index in [1.165, 1.54) is 6.07 Å². The lowest BCUT2D eigenvalue weighted by atomic mass is 9.93. The van der Waals surface area contributed by atoms with E-state index in [9.17, 15) is 14.3 Å². The highest BCUT2D eigenvalue weighted by Crippen LogP contribution is 2.33. The Morgan fingerprint density at radius 1 is 1.00 bits per heavy atom. The van der Waals surface area contributed by atoms with Crippen molar-refractivity contribution in [3.05, 3.63) is 57.4 Å². The Morgan fingerprint density at radius 3 is 2.31 bits per heavy atom. The van der Waals surface area contributed by atoms with Crippen LogP contribution in [0.5, 0.6) is 0 Å². The fourth-order valence-electron chi connectivity index (χ4n) is 3.22. The molecule has 0 aliphatic heterocycles. The van der Waals surface area contributed by atoms with Crippen molar-refractivity contribution in [3.63, 3.8) is 0 Å². The Hall–Kier alpha value is -3.02. The third-order valence-electron chi connectivity index (χ3n) is 4.63. The average Bonchev–Trinajstić information content (AvgIpc) is 2.99. The first-order valence-corrected chi connectivity index (χ1v) is 8.16. The molecular formula is C20H19FN2O3. The van der Waals surface area contributed by atoms with Crippen molar-refractivity contribution in [2.75, 3.05) is 0 Å². The molecule has 0 amide bonds. The van der Waals surface area contributed by atoms with E-state index in [1.807, 2.05) is 26.8 Å². The van der Waals surface area contributed by atoms with Gasteiger partial charge >= 0.3 is 5.97 Å². The number of benzene rings is 2. The lowest BCUT2D eigenvalue weighted by Gasteiger charge is -2.12. The normalized spacial score (nSPS) is 11.0.